The summed E-state index contributed by atoms with van der Waals surface area (Å²) in [5.74, 6) is 0.975. The van der Waals surface area contributed by atoms with Gasteiger partial charge >= 0.3 is 0 Å². The number of rotatable bonds is 2. The molecule has 3 heteroatoms. The highest BCUT2D eigenvalue weighted by molar-refractivity contribution is 5.25. The first-order chi connectivity index (χ1) is 9.27. The van der Waals surface area contributed by atoms with Crippen LogP contribution >= 0.6 is 0 Å². The lowest BCUT2D eigenvalue weighted by Gasteiger charge is -2.36. The van der Waals surface area contributed by atoms with Crippen LogP contribution in [0.5, 0.6) is 0 Å². The number of hydrogen-bond donors (Lipinski definition) is 1. The fourth-order valence-corrected chi connectivity index (χ4v) is 4.21. The summed E-state index contributed by atoms with van der Waals surface area (Å²) >= 11 is 0. The summed E-state index contributed by atoms with van der Waals surface area (Å²) < 4.78 is 2.32. The Morgan fingerprint density at radius 2 is 1.89 bits per heavy atom. The van der Waals surface area contributed by atoms with Gasteiger partial charge in [-0.25, -0.2) is 0 Å². The van der Waals surface area contributed by atoms with Crippen LogP contribution in [0.25, 0.3) is 0 Å². The van der Waals surface area contributed by atoms with Crippen molar-refractivity contribution in [3.8, 4) is 0 Å². The molecule has 3 nitrogen and oxygen atoms in total. The molecule has 19 heavy (non-hydrogen) atoms. The molecule has 0 saturated heterocycles. The highest BCUT2D eigenvalue weighted by atomic mass is 16.3. The van der Waals surface area contributed by atoms with E-state index in [1.54, 1.807) is 12.4 Å². The number of aromatic nitrogens is 2. The quantitative estimate of drug-likeness (QED) is 0.895. The zero-order chi connectivity index (χ0) is 12.9. The van der Waals surface area contributed by atoms with E-state index >= 15 is 0 Å². The van der Waals surface area contributed by atoms with Crippen LogP contribution in [-0.4, -0.2) is 14.7 Å². The molecular formula is C16H18N2O. The van der Waals surface area contributed by atoms with E-state index in [2.05, 4.69) is 34.1 Å². The lowest BCUT2D eigenvalue weighted by Crippen LogP contribution is -2.35. The summed E-state index contributed by atoms with van der Waals surface area (Å²) in [4.78, 5) is 4.05. The fourth-order valence-electron chi connectivity index (χ4n) is 4.21. The largest absolute Gasteiger partial charge is 0.385 e. The van der Waals surface area contributed by atoms with Crippen LogP contribution in [-0.2, 0) is 5.60 Å². The molecule has 2 bridgehead atoms. The van der Waals surface area contributed by atoms with Gasteiger partial charge in [-0.1, -0.05) is 0 Å². The summed E-state index contributed by atoms with van der Waals surface area (Å²) in [7, 11) is 0. The Morgan fingerprint density at radius 3 is 2.53 bits per heavy atom. The fraction of sp³-hybridized carbons (Fsp3) is 0.438. The van der Waals surface area contributed by atoms with Crippen molar-refractivity contribution >= 4 is 0 Å². The SMILES string of the molecule is O[C@]1(c2ccncc2)C[C@H]2C[C@@H]1C[C@H]2n1cccc1. The molecule has 0 amide bonds. The lowest BCUT2D eigenvalue weighted by molar-refractivity contribution is -0.0277. The third-order valence-corrected chi connectivity index (χ3v) is 5.10. The smallest absolute Gasteiger partial charge is 0.0929 e. The number of nitrogens with zero attached hydrogens (tertiary/aromatic N) is 2. The first kappa shape index (κ1) is 11.2. The number of aliphatic hydroxyl groups is 1. The van der Waals surface area contributed by atoms with Gasteiger partial charge in [-0.2, -0.15) is 0 Å². The molecule has 1 N–H and O–H groups in total. The molecule has 0 unspecified atom stereocenters. The van der Waals surface area contributed by atoms with E-state index in [4.69, 9.17) is 0 Å². The topological polar surface area (TPSA) is 38.1 Å². The Hall–Kier alpha value is -1.61. The Labute approximate surface area is 112 Å². The average molecular weight is 254 g/mol. The van der Waals surface area contributed by atoms with Crippen LogP contribution in [0.2, 0.25) is 0 Å². The van der Waals surface area contributed by atoms with E-state index in [0.29, 0.717) is 17.9 Å². The van der Waals surface area contributed by atoms with Crippen LogP contribution < -0.4 is 0 Å². The minimum atomic E-state index is -0.628. The summed E-state index contributed by atoms with van der Waals surface area (Å²) in [5.41, 5.74) is 0.415. The molecule has 2 fully saturated rings. The van der Waals surface area contributed by atoms with Crippen molar-refractivity contribution in [2.75, 3.05) is 0 Å². The lowest BCUT2D eigenvalue weighted by atomic mass is 9.77. The molecular weight excluding hydrogens is 236 g/mol. The third-order valence-electron chi connectivity index (χ3n) is 5.10. The molecule has 2 saturated carbocycles. The highest BCUT2D eigenvalue weighted by Gasteiger charge is 2.55. The third kappa shape index (κ3) is 1.58. The van der Waals surface area contributed by atoms with E-state index in [1.807, 2.05) is 12.1 Å². The van der Waals surface area contributed by atoms with Crippen molar-refractivity contribution in [3.05, 3.63) is 54.6 Å². The molecule has 2 aliphatic rings. The van der Waals surface area contributed by atoms with Gasteiger partial charge in [-0.05, 0) is 60.9 Å². The zero-order valence-corrected chi connectivity index (χ0v) is 10.8. The molecule has 0 spiro atoms. The van der Waals surface area contributed by atoms with Gasteiger partial charge in [0.1, 0.15) is 0 Å². The van der Waals surface area contributed by atoms with Crippen molar-refractivity contribution < 1.29 is 5.11 Å². The van der Waals surface area contributed by atoms with Crippen molar-refractivity contribution in [2.45, 2.75) is 30.9 Å². The molecule has 2 heterocycles. The van der Waals surface area contributed by atoms with E-state index < -0.39 is 5.60 Å². The first-order valence-electron chi connectivity index (χ1n) is 7.03. The van der Waals surface area contributed by atoms with Crippen molar-refractivity contribution in [3.63, 3.8) is 0 Å². The number of fused-ring (bicyclic) bond motifs is 2. The maximum atomic E-state index is 11.0. The molecule has 0 aromatic carbocycles. The maximum Gasteiger partial charge on any atom is 0.0929 e. The maximum absolute atomic E-state index is 11.0. The van der Waals surface area contributed by atoms with Gasteiger partial charge in [0.15, 0.2) is 0 Å². The summed E-state index contributed by atoms with van der Waals surface area (Å²) in [5, 5.41) is 11.0. The predicted molar refractivity (Wildman–Crippen MR) is 72.4 cm³/mol. The summed E-state index contributed by atoms with van der Waals surface area (Å²) in [6, 6.07) is 8.67. The second-order valence-electron chi connectivity index (χ2n) is 5.99. The van der Waals surface area contributed by atoms with Crippen LogP contribution in [0.1, 0.15) is 30.9 Å². The van der Waals surface area contributed by atoms with E-state index in [1.165, 1.54) is 0 Å². The van der Waals surface area contributed by atoms with E-state index in [0.717, 1.165) is 24.8 Å². The van der Waals surface area contributed by atoms with Gasteiger partial charge in [0.05, 0.1) is 5.60 Å². The van der Waals surface area contributed by atoms with Crippen LogP contribution in [0.3, 0.4) is 0 Å². The van der Waals surface area contributed by atoms with Gasteiger partial charge in [-0.3, -0.25) is 4.98 Å². The normalized spacial score (nSPS) is 36.8. The molecule has 98 valence electrons. The van der Waals surface area contributed by atoms with Gasteiger partial charge in [0.2, 0.25) is 0 Å². The number of hydrogen-bond acceptors (Lipinski definition) is 2. The molecule has 4 rings (SSSR count). The molecule has 2 aliphatic carbocycles. The Balaban J connectivity index is 1.63. The Kier molecular flexibility index (Phi) is 2.33. The van der Waals surface area contributed by atoms with E-state index in [9.17, 15) is 5.11 Å². The minimum absolute atomic E-state index is 0.382. The van der Waals surface area contributed by atoms with Gasteiger partial charge in [0.25, 0.3) is 0 Å². The summed E-state index contributed by atoms with van der Waals surface area (Å²) in [6.07, 6.45) is 11.0. The van der Waals surface area contributed by atoms with Gasteiger partial charge in [0, 0.05) is 30.8 Å². The molecule has 2 aromatic rings. The number of pyridine rings is 1. The Bertz CT molecular complexity index is 566. The second kappa shape index (κ2) is 3.94. The van der Waals surface area contributed by atoms with Crippen molar-refractivity contribution in [1.82, 2.24) is 9.55 Å². The van der Waals surface area contributed by atoms with Crippen LogP contribution in [0.15, 0.2) is 49.1 Å². The zero-order valence-electron chi connectivity index (χ0n) is 10.8. The standard InChI is InChI=1S/C16H18N2O/c19-16(13-3-5-17-6-4-13)11-12-9-14(16)10-15(12)18-7-1-2-8-18/h1-8,12,14-15,19H,9-11H2/t12-,14-,15-,16+/m1/s1. The minimum Gasteiger partial charge on any atom is -0.385 e. The van der Waals surface area contributed by atoms with Crippen molar-refractivity contribution in [2.24, 2.45) is 11.8 Å². The molecule has 4 atom stereocenters. The monoisotopic (exact) mass is 254 g/mol. The predicted octanol–water partition coefficient (Wildman–Crippen LogP) is 2.74. The van der Waals surface area contributed by atoms with Gasteiger partial charge in [-0.15, -0.1) is 0 Å². The highest BCUT2D eigenvalue weighted by Crippen LogP contribution is 2.59. The van der Waals surface area contributed by atoms with E-state index in [-0.39, 0.29) is 0 Å². The van der Waals surface area contributed by atoms with Crippen LogP contribution in [0.4, 0.5) is 0 Å². The second-order valence-corrected chi connectivity index (χ2v) is 5.99. The summed E-state index contributed by atoms with van der Waals surface area (Å²) in [6.45, 7) is 0. The molecule has 2 aromatic heterocycles. The first-order valence-corrected chi connectivity index (χ1v) is 7.03. The Morgan fingerprint density at radius 1 is 1.16 bits per heavy atom. The van der Waals surface area contributed by atoms with Crippen LogP contribution in [0, 0.1) is 11.8 Å². The molecule has 0 radical (unpaired) electrons. The van der Waals surface area contributed by atoms with Crippen molar-refractivity contribution in [1.29, 1.82) is 0 Å². The average Bonchev–Trinajstić information content (AvgIpc) is 3.14. The molecule has 0 aliphatic heterocycles. The van der Waals surface area contributed by atoms with Gasteiger partial charge < -0.3 is 9.67 Å².